The predicted octanol–water partition coefficient (Wildman–Crippen LogP) is 1.24. The molecule has 0 fully saturated rings. The highest BCUT2D eigenvalue weighted by molar-refractivity contribution is 5.43. The summed E-state index contributed by atoms with van der Waals surface area (Å²) >= 11 is 0. The fourth-order valence-electron chi connectivity index (χ4n) is 0.226. The van der Waals surface area contributed by atoms with Gasteiger partial charge < -0.3 is 0 Å². The minimum Gasteiger partial charge on any atom is -0.223 e. The molecule has 0 aliphatic heterocycles. The van der Waals surface area contributed by atoms with Crippen molar-refractivity contribution >= 4 is 5.94 Å². The SMILES string of the molecule is C=C=C=C=C=C=C=C=C=C=O. The van der Waals surface area contributed by atoms with Crippen molar-refractivity contribution < 1.29 is 4.79 Å². The zero-order valence-electron chi connectivity index (χ0n) is 5.62. The Morgan fingerprint density at radius 1 is 0.727 bits per heavy atom. The van der Waals surface area contributed by atoms with E-state index in [2.05, 4.69) is 46.7 Å². The minimum absolute atomic E-state index is 1.37. The van der Waals surface area contributed by atoms with Gasteiger partial charge in [0.2, 0.25) is 0 Å². The molecule has 0 aliphatic rings. The summed E-state index contributed by atoms with van der Waals surface area (Å²) in [6, 6.07) is 0. The van der Waals surface area contributed by atoms with Crippen molar-refractivity contribution in [3.63, 3.8) is 0 Å². The molecule has 1 heteroatoms. The third-order valence-electron chi connectivity index (χ3n) is 0.514. The van der Waals surface area contributed by atoms with Crippen LogP contribution in [0.5, 0.6) is 0 Å². The van der Waals surface area contributed by atoms with Crippen LogP contribution in [-0.2, 0) is 4.79 Å². The molecule has 0 aliphatic carbocycles. The largest absolute Gasteiger partial charge is 0.223 e. The Labute approximate surface area is 64.0 Å². The van der Waals surface area contributed by atoms with E-state index in [0.29, 0.717) is 0 Å². The van der Waals surface area contributed by atoms with Crippen molar-refractivity contribution in [1.29, 1.82) is 0 Å². The van der Waals surface area contributed by atoms with Gasteiger partial charge in [0.25, 0.3) is 0 Å². The Balaban J connectivity index is 5.38. The van der Waals surface area contributed by atoms with Gasteiger partial charge in [-0.1, -0.05) is 5.73 Å². The van der Waals surface area contributed by atoms with Gasteiger partial charge >= 0.3 is 0 Å². The molecular formula is C10H2O. The molecule has 1 nitrogen and oxygen atoms in total. The van der Waals surface area contributed by atoms with E-state index in [4.69, 9.17) is 0 Å². The number of hydrogen-bond acceptors (Lipinski definition) is 1. The second-order valence-electron chi connectivity index (χ2n) is 1.15. The van der Waals surface area contributed by atoms with Gasteiger partial charge in [0, 0.05) is 22.9 Å². The Morgan fingerprint density at radius 2 is 1.18 bits per heavy atom. The summed E-state index contributed by atoms with van der Waals surface area (Å²) in [5.41, 5.74) is 18.4. The van der Waals surface area contributed by atoms with Gasteiger partial charge in [-0.2, -0.15) is 0 Å². The van der Waals surface area contributed by atoms with Gasteiger partial charge in [0.15, 0.2) is 5.94 Å². The Morgan fingerprint density at radius 3 is 1.64 bits per heavy atom. The summed E-state index contributed by atoms with van der Waals surface area (Å²) in [7, 11) is 0. The first-order valence-corrected chi connectivity index (χ1v) is 2.56. The lowest BCUT2D eigenvalue weighted by molar-refractivity contribution is 0.569. The normalized spacial score (nSPS) is 3.64. The predicted molar refractivity (Wildman–Crippen MR) is 39.4 cm³/mol. The fourth-order valence-corrected chi connectivity index (χ4v) is 0.226. The second-order valence-corrected chi connectivity index (χ2v) is 1.15. The molecule has 0 aromatic heterocycles. The Hall–Kier alpha value is -2.31. The topological polar surface area (TPSA) is 17.1 Å². The van der Waals surface area contributed by atoms with Crippen LogP contribution in [0.15, 0.2) is 52.4 Å². The molecule has 0 rings (SSSR count). The second kappa shape index (κ2) is 7.69. The summed E-state index contributed by atoms with van der Waals surface area (Å²) in [4.78, 5) is 9.51. The average Bonchev–Trinajstić information content (AvgIpc) is 2.03. The monoisotopic (exact) mass is 138 g/mol. The van der Waals surface area contributed by atoms with Gasteiger partial charge in [-0.05, 0) is 23.8 Å². The molecule has 0 aromatic rings. The molecule has 0 saturated heterocycles. The van der Waals surface area contributed by atoms with Gasteiger partial charge in [0.1, 0.15) is 0 Å². The number of hydrogen-bond donors (Lipinski definition) is 0. The number of rotatable bonds is 0. The molecule has 0 amide bonds. The van der Waals surface area contributed by atoms with Crippen LogP contribution in [0.25, 0.3) is 0 Å². The molecule has 0 N–H and O–H groups in total. The van der Waals surface area contributed by atoms with Crippen molar-refractivity contribution in [2.45, 2.75) is 0 Å². The first-order valence-electron chi connectivity index (χ1n) is 2.56. The summed E-state index contributed by atoms with van der Waals surface area (Å²) in [6.45, 7) is 3.24. The molecule has 0 atom stereocenters. The maximum atomic E-state index is 9.51. The van der Waals surface area contributed by atoms with E-state index in [1.54, 1.807) is 0 Å². The lowest BCUT2D eigenvalue weighted by atomic mass is 10.7. The van der Waals surface area contributed by atoms with Gasteiger partial charge in [-0.25, -0.2) is 4.79 Å². The summed E-state index contributed by atoms with van der Waals surface area (Å²) in [5.74, 6) is 1.37. The zero-order chi connectivity index (χ0) is 8.36. The lowest BCUT2D eigenvalue weighted by Crippen LogP contribution is -1.28. The third kappa shape index (κ3) is 7.69. The van der Waals surface area contributed by atoms with Gasteiger partial charge in [-0.15, -0.1) is 0 Å². The van der Waals surface area contributed by atoms with Crippen LogP contribution in [-0.4, -0.2) is 5.94 Å². The molecule has 0 saturated carbocycles. The van der Waals surface area contributed by atoms with E-state index in [-0.39, 0.29) is 0 Å². The van der Waals surface area contributed by atoms with Crippen molar-refractivity contribution in [1.82, 2.24) is 0 Å². The molecule has 11 heavy (non-hydrogen) atoms. The maximum Gasteiger partial charge on any atom is 0.186 e. The molecule has 0 radical (unpaired) electrons. The molecule has 0 bridgehead atoms. The third-order valence-corrected chi connectivity index (χ3v) is 0.514. The van der Waals surface area contributed by atoms with Gasteiger partial charge in [0.05, 0.1) is 0 Å². The Kier molecular flexibility index (Phi) is 6.08. The van der Waals surface area contributed by atoms with Crippen LogP contribution in [0.4, 0.5) is 0 Å². The molecule has 48 valence electrons. The molecule has 0 unspecified atom stereocenters. The van der Waals surface area contributed by atoms with Crippen LogP contribution >= 0.6 is 0 Å². The lowest BCUT2D eigenvalue weighted by Gasteiger charge is -1.36. The molecular weight excluding hydrogens is 136 g/mol. The van der Waals surface area contributed by atoms with Crippen LogP contribution in [0.2, 0.25) is 0 Å². The maximum absolute atomic E-state index is 9.51. The average molecular weight is 138 g/mol. The molecule has 0 heterocycles. The van der Waals surface area contributed by atoms with E-state index < -0.39 is 0 Å². The summed E-state index contributed by atoms with van der Waals surface area (Å²) in [6.07, 6.45) is 0. The first kappa shape index (κ1) is 8.69. The van der Waals surface area contributed by atoms with E-state index in [1.165, 1.54) is 5.94 Å². The minimum atomic E-state index is 1.37. The van der Waals surface area contributed by atoms with Crippen LogP contribution in [0, 0.1) is 0 Å². The van der Waals surface area contributed by atoms with E-state index in [9.17, 15) is 4.79 Å². The van der Waals surface area contributed by atoms with Gasteiger partial charge in [-0.3, -0.25) is 0 Å². The zero-order valence-corrected chi connectivity index (χ0v) is 5.62. The van der Waals surface area contributed by atoms with Crippen molar-refractivity contribution in [3.05, 3.63) is 52.4 Å². The van der Waals surface area contributed by atoms with Crippen LogP contribution in [0.3, 0.4) is 0 Å². The highest BCUT2D eigenvalue weighted by Crippen LogP contribution is 1.52. The van der Waals surface area contributed by atoms with E-state index in [0.717, 1.165) is 0 Å². The smallest absolute Gasteiger partial charge is 0.186 e. The van der Waals surface area contributed by atoms with Crippen LogP contribution < -0.4 is 0 Å². The van der Waals surface area contributed by atoms with E-state index in [1.807, 2.05) is 5.73 Å². The van der Waals surface area contributed by atoms with Crippen molar-refractivity contribution in [3.8, 4) is 0 Å². The summed E-state index contributed by atoms with van der Waals surface area (Å²) < 4.78 is 0. The fraction of sp³-hybridized carbons (Fsp3) is 0. The Bertz CT molecular complexity index is 399. The molecule has 0 aromatic carbocycles. The van der Waals surface area contributed by atoms with Crippen molar-refractivity contribution in [2.75, 3.05) is 0 Å². The standard InChI is InChI=1S/C10H2O/c1-2-3-4-5-6-7-8-9-10-11/h1H2. The highest BCUT2D eigenvalue weighted by atomic mass is 16.1. The first-order chi connectivity index (χ1) is 5.41. The van der Waals surface area contributed by atoms with E-state index >= 15 is 0 Å². The van der Waals surface area contributed by atoms with Crippen molar-refractivity contribution in [2.24, 2.45) is 0 Å². The number of carbonyl (C=O) groups excluding carboxylic acids is 1. The molecule has 0 spiro atoms. The highest BCUT2D eigenvalue weighted by Gasteiger charge is 1.38. The van der Waals surface area contributed by atoms with Crippen LogP contribution in [0.1, 0.15) is 0 Å². The quantitative estimate of drug-likeness (QED) is 0.363. The summed E-state index contributed by atoms with van der Waals surface area (Å²) in [5, 5.41) is 0.